The van der Waals surface area contributed by atoms with Gasteiger partial charge in [0.25, 0.3) is 0 Å². The van der Waals surface area contributed by atoms with E-state index >= 15 is 0 Å². The summed E-state index contributed by atoms with van der Waals surface area (Å²) in [5, 5.41) is 8.44. The highest BCUT2D eigenvalue weighted by atomic mass is 19.4. The van der Waals surface area contributed by atoms with Gasteiger partial charge in [-0.15, -0.1) is 13.2 Å². The minimum Gasteiger partial charge on any atom is -0.496 e. The fraction of sp³-hybridized carbons (Fsp3) is 0.400. The Morgan fingerprint density at radius 1 is 1.25 bits per heavy atom. The van der Waals surface area contributed by atoms with Gasteiger partial charge in [0.1, 0.15) is 11.3 Å². The summed E-state index contributed by atoms with van der Waals surface area (Å²) in [5.74, 6) is -2.04. The molecule has 0 N–H and O–H groups in total. The second kappa shape index (κ2) is 5.44. The van der Waals surface area contributed by atoms with Crippen LogP contribution in [0.2, 0.25) is 0 Å². The lowest BCUT2D eigenvalue weighted by molar-refractivity contribution is -0.276. The van der Waals surface area contributed by atoms with Gasteiger partial charge in [-0.25, -0.2) is 4.98 Å². The summed E-state index contributed by atoms with van der Waals surface area (Å²) in [6.07, 6.45) is -10.9. The molecule has 1 aromatic rings. The van der Waals surface area contributed by atoms with Crippen LogP contribution in [0.25, 0.3) is 0 Å². The molecule has 0 aliphatic heterocycles. The summed E-state index contributed by atoms with van der Waals surface area (Å²) in [5.41, 5.74) is -2.31. The highest BCUT2D eigenvalue weighted by Gasteiger charge is 2.40. The van der Waals surface area contributed by atoms with Gasteiger partial charge in [0.2, 0.25) is 5.88 Å². The van der Waals surface area contributed by atoms with Crippen LogP contribution in [-0.2, 0) is 12.6 Å². The standard InChI is InChI=1S/C10H6F6N2O2/c1-19-6-4-7(20-10(14,15)16)18-5(2-3-17)8(6)9(11,12)13/h4H,2H2,1H3. The highest BCUT2D eigenvalue weighted by Crippen LogP contribution is 2.40. The van der Waals surface area contributed by atoms with E-state index in [9.17, 15) is 26.3 Å². The average Bonchev–Trinajstić information content (AvgIpc) is 2.24. The average molecular weight is 300 g/mol. The van der Waals surface area contributed by atoms with Gasteiger partial charge >= 0.3 is 12.5 Å². The maximum Gasteiger partial charge on any atom is 0.574 e. The van der Waals surface area contributed by atoms with Crippen molar-refractivity contribution < 1.29 is 35.8 Å². The molecule has 0 atom stereocenters. The van der Waals surface area contributed by atoms with Crippen molar-refractivity contribution in [3.05, 3.63) is 17.3 Å². The maximum atomic E-state index is 12.8. The predicted molar refractivity (Wildman–Crippen MR) is 51.8 cm³/mol. The molecule has 1 aromatic heterocycles. The second-order valence-corrected chi connectivity index (χ2v) is 3.36. The minimum absolute atomic E-state index is 0.358. The Morgan fingerprint density at radius 2 is 1.85 bits per heavy atom. The number of hydrogen-bond donors (Lipinski definition) is 0. The van der Waals surface area contributed by atoms with Crippen molar-refractivity contribution in [1.29, 1.82) is 5.26 Å². The normalized spacial score (nSPS) is 11.9. The first kappa shape index (κ1) is 15.9. The maximum absolute atomic E-state index is 12.8. The molecule has 0 saturated heterocycles. The van der Waals surface area contributed by atoms with E-state index in [2.05, 4.69) is 14.5 Å². The van der Waals surface area contributed by atoms with Crippen LogP contribution in [0.4, 0.5) is 26.3 Å². The molecule has 1 rings (SSSR count). The van der Waals surface area contributed by atoms with E-state index < -0.39 is 41.8 Å². The molecule has 1 heterocycles. The number of halogens is 6. The number of alkyl halides is 6. The Kier molecular flexibility index (Phi) is 4.32. The van der Waals surface area contributed by atoms with Crippen LogP contribution in [0.3, 0.4) is 0 Å². The van der Waals surface area contributed by atoms with Gasteiger partial charge in [-0.05, 0) is 0 Å². The zero-order valence-electron chi connectivity index (χ0n) is 9.76. The summed E-state index contributed by atoms with van der Waals surface area (Å²) < 4.78 is 82.3. The summed E-state index contributed by atoms with van der Waals surface area (Å²) in [7, 11) is 0.845. The van der Waals surface area contributed by atoms with Crippen molar-refractivity contribution >= 4 is 0 Å². The molecular formula is C10H6F6N2O2. The number of nitrogens with zero attached hydrogens (tertiary/aromatic N) is 2. The SMILES string of the molecule is COc1cc(OC(F)(F)F)nc(CC#N)c1C(F)(F)F. The first-order chi connectivity index (χ1) is 9.08. The van der Waals surface area contributed by atoms with Gasteiger partial charge < -0.3 is 9.47 Å². The third-order valence-corrected chi connectivity index (χ3v) is 2.00. The Labute approximate surface area is 108 Å². The van der Waals surface area contributed by atoms with Gasteiger partial charge in [0.05, 0.1) is 25.3 Å². The molecular weight excluding hydrogens is 294 g/mol. The molecule has 20 heavy (non-hydrogen) atoms. The van der Waals surface area contributed by atoms with Gasteiger partial charge in [-0.2, -0.15) is 18.4 Å². The number of nitriles is 1. The largest absolute Gasteiger partial charge is 0.574 e. The number of methoxy groups -OCH3 is 1. The second-order valence-electron chi connectivity index (χ2n) is 3.36. The molecule has 0 spiro atoms. The highest BCUT2D eigenvalue weighted by molar-refractivity contribution is 5.43. The van der Waals surface area contributed by atoms with Gasteiger partial charge in [0, 0.05) is 6.07 Å². The number of aromatic nitrogens is 1. The number of pyridine rings is 1. The summed E-state index contributed by atoms with van der Waals surface area (Å²) in [4.78, 5) is 3.06. The van der Waals surface area contributed by atoms with Gasteiger partial charge in [0.15, 0.2) is 0 Å². The molecule has 0 saturated carbocycles. The van der Waals surface area contributed by atoms with E-state index in [0.29, 0.717) is 6.07 Å². The van der Waals surface area contributed by atoms with Crippen LogP contribution in [0.5, 0.6) is 11.6 Å². The summed E-state index contributed by atoms with van der Waals surface area (Å²) >= 11 is 0. The van der Waals surface area contributed by atoms with Crippen molar-refractivity contribution in [2.75, 3.05) is 7.11 Å². The third-order valence-electron chi connectivity index (χ3n) is 2.00. The topological polar surface area (TPSA) is 55.1 Å². The van der Waals surface area contributed by atoms with E-state index in [1.54, 1.807) is 0 Å². The molecule has 0 aliphatic rings. The van der Waals surface area contributed by atoms with Crippen LogP contribution < -0.4 is 9.47 Å². The van der Waals surface area contributed by atoms with Crippen LogP contribution in [0.1, 0.15) is 11.3 Å². The molecule has 0 fully saturated rings. The summed E-state index contributed by atoms with van der Waals surface area (Å²) in [6, 6.07) is 1.74. The van der Waals surface area contributed by atoms with E-state index in [1.165, 1.54) is 6.07 Å². The van der Waals surface area contributed by atoms with Gasteiger partial charge in [-0.3, -0.25) is 0 Å². The Morgan fingerprint density at radius 3 is 2.25 bits per heavy atom. The quantitative estimate of drug-likeness (QED) is 0.805. The molecule has 4 nitrogen and oxygen atoms in total. The molecule has 110 valence electrons. The zero-order chi connectivity index (χ0) is 15.6. The third kappa shape index (κ3) is 3.91. The zero-order valence-corrected chi connectivity index (χ0v) is 9.76. The number of rotatable bonds is 3. The predicted octanol–water partition coefficient (Wildman–Crippen LogP) is 3.07. The van der Waals surface area contributed by atoms with Crippen molar-refractivity contribution in [2.24, 2.45) is 0 Å². The van der Waals surface area contributed by atoms with Crippen LogP contribution in [0.15, 0.2) is 6.07 Å². The summed E-state index contributed by atoms with van der Waals surface area (Å²) in [6.45, 7) is 0. The van der Waals surface area contributed by atoms with Crippen molar-refractivity contribution in [3.63, 3.8) is 0 Å². The fourth-order valence-electron chi connectivity index (χ4n) is 1.39. The Balaban J connectivity index is 3.43. The van der Waals surface area contributed by atoms with Crippen LogP contribution in [0, 0.1) is 11.3 Å². The van der Waals surface area contributed by atoms with E-state index in [0.717, 1.165) is 7.11 Å². The smallest absolute Gasteiger partial charge is 0.496 e. The van der Waals surface area contributed by atoms with Crippen molar-refractivity contribution in [1.82, 2.24) is 4.98 Å². The number of ether oxygens (including phenoxy) is 2. The molecule has 0 aliphatic carbocycles. The van der Waals surface area contributed by atoms with E-state index in [-0.39, 0.29) is 0 Å². The first-order valence-corrected chi connectivity index (χ1v) is 4.86. The Bertz CT molecular complexity index is 532. The van der Waals surface area contributed by atoms with Crippen LogP contribution >= 0.6 is 0 Å². The number of hydrogen-bond acceptors (Lipinski definition) is 4. The lowest BCUT2D eigenvalue weighted by Crippen LogP contribution is -2.20. The van der Waals surface area contributed by atoms with E-state index in [4.69, 9.17) is 5.26 Å². The lowest BCUT2D eigenvalue weighted by Gasteiger charge is -2.16. The van der Waals surface area contributed by atoms with Crippen molar-refractivity contribution in [2.45, 2.75) is 19.0 Å². The Hall–Kier alpha value is -2.18. The molecule has 0 unspecified atom stereocenters. The van der Waals surface area contributed by atoms with E-state index in [1.807, 2.05) is 0 Å². The molecule has 10 heteroatoms. The van der Waals surface area contributed by atoms with Crippen LogP contribution in [-0.4, -0.2) is 18.5 Å². The molecule has 0 bridgehead atoms. The minimum atomic E-state index is -5.12. The molecule has 0 amide bonds. The fourth-order valence-corrected chi connectivity index (χ4v) is 1.39. The monoisotopic (exact) mass is 300 g/mol. The van der Waals surface area contributed by atoms with Gasteiger partial charge in [-0.1, -0.05) is 0 Å². The first-order valence-electron chi connectivity index (χ1n) is 4.86. The molecule has 0 radical (unpaired) electrons. The van der Waals surface area contributed by atoms with Crippen molar-refractivity contribution in [3.8, 4) is 17.7 Å². The molecule has 0 aromatic carbocycles. The lowest BCUT2D eigenvalue weighted by atomic mass is 10.1.